The molecule has 198 valence electrons. The Kier molecular flexibility index (Phi) is 6.64. The summed E-state index contributed by atoms with van der Waals surface area (Å²) in [5.41, 5.74) is 1.71. The average molecular weight is 517 g/mol. The lowest BCUT2D eigenvalue weighted by Gasteiger charge is -2.15. The predicted octanol–water partition coefficient (Wildman–Crippen LogP) is 3.10. The zero-order valence-electron chi connectivity index (χ0n) is 22.1. The number of nitrogens with one attached hydrogen (secondary N) is 1. The summed E-state index contributed by atoms with van der Waals surface area (Å²) in [6.45, 7) is 8.53. The van der Waals surface area contributed by atoms with E-state index in [-0.39, 0.29) is 41.8 Å². The first-order chi connectivity index (χ1) is 18.2. The van der Waals surface area contributed by atoms with Gasteiger partial charge in [0.05, 0.1) is 17.4 Å². The molecule has 38 heavy (non-hydrogen) atoms. The predicted molar refractivity (Wildman–Crippen MR) is 146 cm³/mol. The maximum atomic E-state index is 13.7. The van der Waals surface area contributed by atoms with E-state index in [1.54, 1.807) is 23.1 Å². The molecule has 2 aromatic carbocycles. The number of hydrogen-bond donors (Lipinski definition) is 1. The Labute approximate surface area is 219 Å². The summed E-state index contributed by atoms with van der Waals surface area (Å²) in [4.78, 5) is 53.7. The highest BCUT2D eigenvalue weighted by molar-refractivity contribution is 5.98. The first-order valence-corrected chi connectivity index (χ1v) is 13.1. The van der Waals surface area contributed by atoms with Crippen LogP contribution in [-0.2, 0) is 11.3 Å². The Morgan fingerprint density at radius 1 is 1.05 bits per heavy atom. The molecule has 1 atom stereocenters. The van der Waals surface area contributed by atoms with Gasteiger partial charge in [0.2, 0.25) is 11.7 Å². The van der Waals surface area contributed by atoms with Crippen molar-refractivity contribution in [2.75, 3.05) is 11.4 Å². The van der Waals surface area contributed by atoms with Gasteiger partial charge in [-0.1, -0.05) is 19.1 Å². The summed E-state index contributed by atoms with van der Waals surface area (Å²) in [6.07, 6.45) is 2.19. The van der Waals surface area contributed by atoms with Crippen LogP contribution in [0.5, 0.6) is 0 Å². The minimum absolute atomic E-state index is 0.00684. The van der Waals surface area contributed by atoms with Gasteiger partial charge in [0, 0.05) is 36.3 Å². The van der Waals surface area contributed by atoms with Crippen molar-refractivity contribution in [1.29, 1.82) is 0 Å². The van der Waals surface area contributed by atoms with Crippen LogP contribution in [-0.4, -0.2) is 43.1 Å². The molecule has 1 saturated heterocycles. The van der Waals surface area contributed by atoms with Crippen molar-refractivity contribution in [3.63, 3.8) is 0 Å². The highest BCUT2D eigenvalue weighted by Crippen LogP contribution is 2.22. The number of aromatic nitrogens is 4. The minimum Gasteiger partial charge on any atom is -0.350 e. The van der Waals surface area contributed by atoms with E-state index in [0.717, 1.165) is 24.1 Å². The van der Waals surface area contributed by atoms with Crippen LogP contribution in [0.25, 0.3) is 16.7 Å². The van der Waals surface area contributed by atoms with Gasteiger partial charge >= 0.3 is 5.69 Å². The highest BCUT2D eigenvalue weighted by Gasteiger charge is 2.23. The van der Waals surface area contributed by atoms with Crippen LogP contribution in [0.15, 0.2) is 52.1 Å². The number of fused-ring (bicyclic) bond motifs is 3. The van der Waals surface area contributed by atoms with Crippen LogP contribution >= 0.6 is 0 Å². The molecule has 1 aliphatic heterocycles. The molecule has 0 bridgehead atoms. The number of benzene rings is 2. The summed E-state index contributed by atoms with van der Waals surface area (Å²) in [7, 11) is 0. The van der Waals surface area contributed by atoms with Crippen molar-refractivity contribution in [3.8, 4) is 0 Å². The summed E-state index contributed by atoms with van der Waals surface area (Å²) in [5, 5.41) is 7.82. The number of carbonyl (C=O) groups excluding carboxylic acids is 2. The van der Waals surface area contributed by atoms with Crippen molar-refractivity contribution in [1.82, 2.24) is 24.1 Å². The second-order valence-corrected chi connectivity index (χ2v) is 10.2. The lowest BCUT2D eigenvalue weighted by molar-refractivity contribution is -0.117. The largest absolute Gasteiger partial charge is 0.352 e. The number of hydrogen-bond acceptors (Lipinski definition) is 5. The number of carbonyl (C=O) groups is 2. The fraction of sp³-hybridized carbons (Fsp3) is 0.393. The molecule has 0 radical (unpaired) electrons. The fourth-order valence-electron chi connectivity index (χ4n) is 4.88. The first-order valence-electron chi connectivity index (χ1n) is 13.1. The molecule has 0 aliphatic carbocycles. The Balaban J connectivity index is 1.60. The van der Waals surface area contributed by atoms with Crippen LogP contribution in [0.1, 0.15) is 68.9 Å². The van der Waals surface area contributed by atoms with E-state index >= 15 is 0 Å². The Morgan fingerprint density at radius 3 is 2.42 bits per heavy atom. The van der Waals surface area contributed by atoms with Gasteiger partial charge in [0.25, 0.3) is 11.5 Å². The topological polar surface area (TPSA) is 111 Å². The average Bonchev–Trinajstić information content (AvgIpc) is 3.46. The van der Waals surface area contributed by atoms with E-state index < -0.39 is 5.69 Å². The Hall–Kier alpha value is -4.21. The molecule has 1 fully saturated rings. The lowest BCUT2D eigenvalue weighted by atomic mass is 10.1. The van der Waals surface area contributed by atoms with Gasteiger partial charge in [-0.2, -0.15) is 0 Å². The minimum atomic E-state index is -0.405. The standard InChI is InChI=1S/C28H32N6O4/c1-5-18(4)29-25(36)20-10-13-22-23(15-20)34-27(33(17(2)3)26(22)37)30-32(28(34)38)16-19-8-11-21(12-9-19)31-14-6-7-24(31)35/h8-13,15,17-18H,5-7,14,16H2,1-4H3,(H,29,36). The Bertz CT molecular complexity index is 1660. The van der Waals surface area contributed by atoms with E-state index in [9.17, 15) is 19.2 Å². The number of nitrogens with zero attached hydrogens (tertiary/aromatic N) is 5. The second-order valence-electron chi connectivity index (χ2n) is 10.2. The molecule has 0 spiro atoms. The third-order valence-corrected chi connectivity index (χ3v) is 7.15. The van der Waals surface area contributed by atoms with Crippen molar-refractivity contribution in [2.24, 2.45) is 0 Å². The molecule has 4 aromatic rings. The Morgan fingerprint density at radius 2 is 1.79 bits per heavy atom. The summed E-state index contributed by atoms with van der Waals surface area (Å²) < 4.78 is 4.24. The maximum absolute atomic E-state index is 13.7. The quantitative estimate of drug-likeness (QED) is 0.406. The van der Waals surface area contributed by atoms with Crippen molar-refractivity contribution < 1.29 is 9.59 Å². The van der Waals surface area contributed by atoms with Gasteiger partial charge < -0.3 is 10.2 Å². The molecular formula is C28H32N6O4. The molecule has 10 heteroatoms. The molecule has 1 aliphatic rings. The molecule has 2 amide bonds. The summed E-state index contributed by atoms with van der Waals surface area (Å²) >= 11 is 0. The van der Waals surface area contributed by atoms with E-state index in [2.05, 4.69) is 10.4 Å². The van der Waals surface area contributed by atoms with Crippen LogP contribution in [0.4, 0.5) is 5.69 Å². The number of anilines is 1. The van der Waals surface area contributed by atoms with Crippen LogP contribution in [0, 0.1) is 0 Å². The second kappa shape index (κ2) is 9.92. The van der Waals surface area contributed by atoms with Crippen LogP contribution in [0.3, 0.4) is 0 Å². The molecule has 3 heterocycles. The van der Waals surface area contributed by atoms with Crippen molar-refractivity contribution in [3.05, 3.63) is 74.4 Å². The normalized spacial score (nSPS) is 14.7. The lowest BCUT2D eigenvalue weighted by Crippen LogP contribution is -2.32. The number of amides is 2. The van der Waals surface area contributed by atoms with E-state index in [1.807, 2.05) is 52.0 Å². The smallest absolute Gasteiger partial charge is 0.350 e. The third kappa shape index (κ3) is 4.40. The highest BCUT2D eigenvalue weighted by atomic mass is 16.2. The van der Waals surface area contributed by atoms with E-state index in [4.69, 9.17) is 0 Å². The molecule has 1 N–H and O–H groups in total. The molecular weight excluding hydrogens is 484 g/mol. The zero-order valence-corrected chi connectivity index (χ0v) is 22.1. The molecule has 2 aromatic heterocycles. The number of rotatable bonds is 7. The maximum Gasteiger partial charge on any atom is 0.352 e. The summed E-state index contributed by atoms with van der Waals surface area (Å²) in [6, 6.07) is 12.1. The van der Waals surface area contributed by atoms with Crippen LogP contribution in [0.2, 0.25) is 0 Å². The molecule has 5 rings (SSSR count). The van der Waals surface area contributed by atoms with Crippen LogP contribution < -0.4 is 21.5 Å². The summed E-state index contributed by atoms with van der Waals surface area (Å²) in [5.74, 6) is 0.0748. The third-order valence-electron chi connectivity index (χ3n) is 7.15. The SMILES string of the molecule is CCC(C)NC(=O)c1ccc2c(=O)n(C(C)C)c3nn(Cc4ccc(N5CCCC5=O)cc4)c(=O)n3c2c1. The monoisotopic (exact) mass is 516 g/mol. The van der Waals surface area contributed by atoms with Crippen molar-refractivity contribution >= 4 is 34.2 Å². The van der Waals surface area contributed by atoms with Gasteiger partial charge in [-0.3, -0.25) is 19.0 Å². The van der Waals surface area contributed by atoms with Gasteiger partial charge in [-0.15, -0.1) is 5.10 Å². The van der Waals surface area contributed by atoms with Gasteiger partial charge in [-0.05, 0) is 69.5 Å². The molecule has 10 nitrogen and oxygen atoms in total. The van der Waals surface area contributed by atoms with Gasteiger partial charge in [0.1, 0.15) is 0 Å². The van der Waals surface area contributed by atoms with E-state index in [0.29, 0.717) is 29.4 Å². The fourth-order valence-corrected chi connectivity index (χ4v) is 4.88. The van der Waals surface area contributed by atoms with Crippen molar-refractivity contribution in [2.45, 2.75) is 65.6 Å². The zero-order chi connectivity index (χ0) is 27.1. The first kappa shape index (κ1) is 25.4. The van der Waals surface area contributed by atoms with E-state index in [1.165, 1.54) is 13.6 Å². The molecule has 0 saturated carbocycles. The van der Waals surface area contributed by atoms with Gasteiger partial charge in [0.15, 0.2) is 0 Å². The molecule has 1 unspecified atom stereocenters. The van der Waals surface area contributed by atoms with Gasteiger partial charge in [-0.25, -0.2) is 13.9 Å².